The second kappa shape index (κ2) is 22.1. The fraction of sp³-hybridized carbons (Fsp3) is 0.447. The molecule has 0 spiro atoms. The summed E-state index contributed by atoms with van der Waals surface area (Å²) in [4.78, 5) is 106. The summed E-state index contributed by atoms with van der Waals surface area (Å²) < 4.78 is 0. The third-order valence-electron chi connectivity index (χ3n) is 9.16. The van der Waals surface area contributed by atoms with E-state index in [1.807, 2.05) is 52.0 Å². The van der Waals surface area contributed by atoms with Gasteiger partial charge in [-0.2, -0.15) is 0 Å². The molecule has 0 aliphatic rings. The number of nitrogens with zero attached hydrogens (tertiary/aromatic N) is 2. The van der Waals surface area contributed by atoms with Crippen LogP contribution in [0, 0.1) is 11.8 Å². The minimum atomic E-state index is -1.75. The Kier molecular flexibility index (Phi) is 17.7. The van der Waals surface area contributed by atoms with E-state index < -0.39 is 65.9 Å². The Hall–Kier alpha value is -6.12. The maximum atomic E-state index is 13.9. The lowest BCUT2D eigenvalue weighted by Crippen LogP contribution is -2.60. The number of ketones is 1. The average Bonchev–Trinajstić information content (AvgIpc) is 3.94. The lowest BCUT2D eigenvalue weighted by atomic mass is 10.0. The Bertz CT molecular complexity index is 2090. The van der Waals surface area contributed by atoms with E-state index in [2.05, 4.69) is 57.2 Å². The number of aliphatic carboxylic acids is 2. The highest BCUT2D eigenvalue weighted by molar-refractivity contribution is 6.07. The Morgan fingerprint density at radius 3 is 1.81 bits per heavy atom. The van der Waals surface area contributed by atoms with Crippen molar-refractivity contribution in [3.05, 3.63) is 71.5 Å². The molecule has 0 saturated heterocycles. The van der Waals surface area contributed by atoms with Crippen molar-refractivity contribution < 1.29 is 49.5 Å². The van der Waals surface area contributed by atoms with E-state index in [-0.39, 0.29) is 66.7 Å². The third kappa shape index (κ3) is 13.5. The van der Waals surface area contributed by atoms with E-state index in [0.29, 0.717) is 25.3 Å². The molecular formula is C38H53ClN11O9+. The van der Waals surface area contributed by atoms with Crippen LogP contribution in [0.1, 0.15) is 94.5 Å². The molecule has 0 bridgehead atoms. The lowest BCUT2D eigenvalue weighted by molar-refractivity contribution is -0.373. The highest BCUT2D eigenvalue weighted by atomic mass is 35.5. The molecule has 0 radical (unpaired) electrons. The first-order valence-corrected chi connectivity index (χ1v) is 18.9. The molecule has 4 atom stereocenters. The average molecular weight is 843 g/mol. The van der Waals surface area contributed by atoms with Gasteiger partial charge in [0.05, 0.1) is 44.2 Å². The maximum absolute atomic E-state index is 13.9. The fourth-order valence-electron chi connectivity index (χ4n) is 6.46. The number of aromatic amines is 3. The standard InChI is InChI=1S/C38H51N11O9.ClH/c1-19(2)9-22(13-39)46-34(53)30-32(44-17-42-30)36(55)48-26(11-21-14-41-25-8-6-5-7-24(21)25)28(50)16-40-15-23(10-20(3)4)47-35(54)31-33(45-18-43-31)37(56)49-27(38(57)58)12-29(51)52;/h5-8,14,17-20,22-23,26-27,40-41H,9-13,15-16,39H2,1-4H3,(H,42,44)(H,43,45)(H,46,53)(H,47,54)(H,48,55)(H,49,56)(H,51,52)(H,57,58);1H/p+1/t22-,23-,26-,27-;/m0./s1. The quantitative estimate of drug-likeness (QED) is 0.0484. The molecule has 3 aromatic heterocycles. The van der Waals surface area contributed by atoms with Crippen LogP contribution in [0.5, 0.6) is 0 Å². The van der Waals surface area contributed by atoms with Crippen LogP contribution in [-0.4, -0.2) is 120 Å². The second-order valence-electron chi connectivity index (χ2n) is 14.8. The first-order valence-electron chi connectivity index (χ1n) is 18.9. The van der Waals surface area contributed by atoms with Crippen LogP contribution < -0.4 is 32.3 Å². The van der Waals surface area contributed by atoms with Crippen molar-refractivity contribution in [2.75, 3.05) is 19.6 Å². The number of amides is 4. The van der Waals surface area contributed by atoms with Crippen LogP contribution in [0.25, 0.3) is 10.9 Å². The number of fused-ring (bicyclic) bond motifs is 1. The summed E-state index contributed by atoms with van der Waals surface area (Å²) in [6.07, 6.45) is 4.40. The molecule has 0 saturated carbocycles. The number of carbonyl (C=O) groups is 7. The number of hydrogen-bond acceptors (Lipinski definition) is 10. The molecule has 0 unspecified atom stereocenters. The predicted molar refractivity (Wildman–Crippen MR) is 216 cm³/mol. The zero-order valence-electron chi connectivity index (χ0n) is 33.2. The zero-order valence-corrected chi connectivity index (χ0v) is 34.0. The van der Waals surface area contributed by atoms with Crippen LogP contribution in [-0.2, 0) is 20.8 Å². The number of aromatic nitrogens is 5. The minimum Gasteiger partial charge on any atom is -0.481 e. The predicted octanol–water partition coefficient (Wildman–Crippen LogP) is 0.425. The van der Waals surface area contributed by atoms with Gasteiger partial charge in [-0.05, 0) is 36.3 Å². The van der Waals surface area contributed by atoms with Crippen molar-refractivity contribution in [1.29, 1.82) is 0 Å². The second-order valence-corrected chi connectivity index (χ2v) is 14.8. The van der Waals surface area contributed by atoms with Crippen LogP contribution in [0.3, 0.4) is 0 Å². The van der Waals surface area contributed by atoms with E-state index in [1.165, 1.54) is 6.33 Å². The highest BCUT2D eigenvalue weighted by Crippen LogP contribution is 2.20. The number of rotatable bonds is 23. The molecule has 3 heterocycles. The van der Waals surface area contributed by atoms with Gasteiger partial charge in [-0.15, -0.1) is 12.4 Å². The molecule has 0 fully saturated rings. The molecule has 20 nitrogen and oxygen atoms in total. The number of carbonyl (C=O) groups excluding carboxylic acids is 5. The van der Waals surface area contributed by atoms with Gasteiger partial charge in [0, 0.05) is 36.1 Å². The lowest BCUT2D eigenvalue weighted by Gasteiger charge is -2.22. The van der Waals surface area contributed by atoms with Gasteiger partial charge >= 0.3 is 11.9 Å². The number of para-hydroxylation sites is 1. The zero-order chi connectivity index (χ0) is 42.5. The van der Waals surface area contributed by atoms with E-state index in [0.717, 1.165) is 22.8 Å². The Morgan fingerprint density at radius 2 is 1.27 bits per heavy atom. The molecule has 4 amide bonds. The van der Waals surface area contributed by atoms with Crippen LogP contribution in [0.2, 0.25) is 0 Å². The Labute approximate surface area is 345 Å². The number of halogens is 1. The van der Waals surface area contributed by atoms with Gasteiger partial charge < -0.3 is 57.5 Å². The van der Waals surface area contributed by atoms with Gasteiger partial charge in [0.2, 0.25) is 0 Å². The van der Waals surface area contributed by atoms with Gasteiger partial charge in [0.25, 0.3) is 23.6 Å². The summed E-state index contributed by atoms with van der Waals surface area (Å²) >= 11 is 0. The molecule has 0 aliphatic carbocycles. The number of hydrogen-bond donors (Lipinski definition) is 11. The molecular weight excluding hydrogens is 790 g/mol. The van der Waals surface area contributed by atoms with E-state index in [1.54, 1.807) is 6.20 Å². The SMILES string of the molecule is CC(C)C[C@@H](CNCC(=O)[C@H](Cc1c[nH]c2ccccc12)NC(=O)c1[nH]cnc1C(=O)N[C@H](C[NH3+])CC(C)C)NC(=O)c1nc[nH]c1C(=O)N[C@@H](CC(=O)O)C(=O)O.Cl. The van der Waals surface area contributed by atoms with E-state index in [4.69, 9.17) is 5.11 Å². The molecule has 320 valence electrons. The first kappa shape index (κ1) is 47.3. The van der Waals surface area contributed by atoms with Crippen LogP contribution >= 0.6 is 12.4 Å². The van der Waals surface area contributed by atoms with E-state index in [9.17, 15) is 38.7 Å². The summed E-state index contributed by atoms with van der Waals surface area (Å²) in [7, 11) is 0. The van der Waals surface area contributed by atoms with Gasteiger partial charge in [-0.25, -0.2) is 14.8 Å². The molecule has 4 rings (SSSR count). The summed E-state index contributed by atoms with van der Waals surface area (Å²) in [5, 5.41) is 32.8. The van der Waals surface area contributed by atoms with Crippen molar-refractivity contribution >= 4 is 64.7 Å². The number of H-pyrrole nitrogens is 3. The molecule has 1 aromatic carbocycles. The Morgan fingerprint density at radius 1 is 0.729 bits per heavy atom. The van der Waals surface area contributed by atoms with Crippen LogP contribution in [0.15, 0.2) is 43.1 Å². The largest absolute Gasteiger partial charge is 0.481 e. The van der Waals surface area contributed by atoms with Crippen molar-refractivity contribution in [1.82, 2.24) is 51.5 Å². The number of carboxylic acid groups (broad SMARTS) is 2. The monoisotopic (exact) mass is 842 g/mol. The number of quaternary nitrogens is 1. The van der Waals surface area contributed by atoms with Crippen molar-refractivity contribution in [2.24, 2.45) is 11.8 Å². The third-order valence-corrected chi connectivity index (χ3v) is 9.16. The molecule has 13 N–H and O–H groups in total. The molecule has 0 aliphatic heterocycles. The summed E-state index contributed by atoms with van der Waals surface area (Å²) in [5.41, 5.74) is 4.57. The topological polar surface area (TPSA) is 321 Å². The smallest absolute Gasteiger partial charge is 0.326 e. The maximum Gasteiger partial charge on any atom is 0.326 e. The molecule has 4 aromatic rings. The number of carboxylic acids is 2. The van der Waals surface area contributed by atoms with Gasteiger partial charge in [0.1, 0.15) is 17.4 Å². The van der Waals surface area contributed by atoms with Gasteiger partial charge in [-0.3, -0.25) is 28.8 Å². The van der Waals surface area contributed by atoms with Gasteiger partial charge in [0.15, 0.2) is 17.2 Å². The van der Waals surface area contributed by atoms with Crippen molar-refractivity contribution in [3.8, 4) is 0 Å². The van der Waals surface area contributed by atoms with Gasteiger partial charge in [-0.1, -0.05) is 45.9 Å². The number of benzene rings is 1. The number of Topliss-reactive ketones (excluding diaryl/α,β-unsaturated/α-hetero) is 1. The van der Waals surface area contributed by atoms with Crippen LogP contribution in [0.4, 0.5) is 0 Å². The highest BCUT2D eigenvalue weighted by Gasteiger charge is 2.30. The van der Waals surface area contributed by atoms with Crippen molar-refractivity contribution in [3.63, 3.8) is 0 Å². The Balaban J connectivity index is 0.00000930. The minimum absolute atomic E-state index is 0. The molecule has 21 heteroatoms. The summed E-state index contributed by atoms with van der Waals surface area (Å²) in [6.45, 7) is 8.19. The summed E-state index contributed by atoms with van der Waals surface area (Å²) in [5.74, 6) is -6.12. The fourth-order valence-corrected chi connectivity index (χ4v) is 6.46. The summed E-state index contributed by atoms with van der Waals surface area (Å²) in [6, 6.07) is 3.88. The number of nitrogens with one attached hydrogen (secondary N) is 8. The molecule has 59 heavy (non-hydrogen) atoms. The van der Waals surface area contributed by atoms with Crippen molar-refractivity contribution in [2.45, 2.75) is 77.5 Å². The normalized spacial score (nSPS) is 13.2. The number of imidazole rings is 2. The van der Waals surface area contributed by atoms with E-state index >= 15 is 0 Å². The first-order chi connectivity index (χ1) is 27.6.